The second-order valence-electron chi connectivity index (χ2n) is 9.02. The number of rotatable bonds is 9. The maximum absolute atomic E-state index is 13.6. The zero-order valence-electron chi connectivity index (χ0n) is 21.2. The van der Waals surface area contributed by atoms with E-state index in [9.17, 15) is 22.8 Å². The van der Waals surface area contributed by atoms with Gasteiger partial charge in [-0.2, -0.15) is 0 Å². The molecule has 9 nitrogen and oxygen atoms in total. The van der Waals surface area contributed by atoms with Crippen molar-refractivity contribution < 1.29 is 27.5 Å². The summed E-state index contributed by atoms with van der Waals surface area (Å²) in [5.74, 6) is -0.630. The van der Waals surface area contributed by atoms with Gasteiger partial charge in [0.15, 0.2) is 0 Å². The van der Waals surface area contributed by atoms with Crippen molar-refractivity contribution in [3.05, 3.63) is 89.5 Å². The van der Waals surface area contributed by atoms with Crippen molar-refractivity contribution >= 4 is 33.4 Å². The third-order valence-electron chi connectivity index (χ3n) is 6.36. The van der Waals surface area contributed by atoms with Gasteiger partial charge in [0.1, 0.15) is 11.8 Å². The molecule has 38 heavy (non-hydrogen) atoms. The van der Waals surface area contributed by atoms with Crippen LogP contribution in [0.25, 0.3) is 0 Å². The zero-order chi connectivity index (χ0) is 27.4. The van der Waals surface area contributed by atoms with Gasteiger partial charge in [-0.05, 0) is 74.4 Å². The highest BCUT2D eigenvalue weighted by molar-refractivity contribution is 7.89. The molecule has 1 saturated heterocycles. The quantitative estimate of drug-likeness (QED) is 0.420. The summed E-state index contributed by atoms with van der Waals surface area (Å²) in [4.78, 5) is 42.6. The first-order valence-electron chi connectivity index (χ1n) is 12.2. The Labute approximate surface area is 221 Å². The Hall–Kier alpha value is -4.02. The molecule has 2 N–H and O–H groups in total. The van der Waals surface area contributed by atoms with E-state index in [1.807, 2.05) is 26.0 Å². The van der Waals surface area contributed by atoms with Crippen LogP contribution in [0, 0.1) is 6.92 Å². The molecule has 0 spiro atoms. The molecule has 198 valence electrons. The molecule has 3 aromatic carbocycles. The summed E-state index contributed by atoms with van der Waals surface area (Å²) in [7, 11) is -3.83. The average molecular weight is 536 g/mol. The van der Waals surface area contributed by atoms with Gasteiger partial charge in [-0.3, -0.25) is 14.4 Å². The standard InChI is InChI=1S/C28H29N3O6S/c1-3-37-23-12-10-22(11-13-23)31-26(32)18-25(28(31)34)30(27(33)21-8-4-19(2)5-9-21)17-16-20-6-14-24(15-7-20)38(29,35)36/h4-15,25H,3,16-18H2,1-2H3,(H2,29,35,36). The molecule has 3 amide bonds. The highest BCUT2D eigenvalue weighted by Gasteiger charge is 2.44. The third kappa shape index (κ3) is 5.92. The van der Waals surface area contributed by atoms with Crippen LogP contribution in [0.15, 0.2) is 77.7 Å². The lowest BCUT2D eigenvalue weighted by Gasteiger charge is -2.28. The van der Waals surface area contributed by atoms with E-state index < -0.39 is 27.9 Å². The second-order valence-corrected chi connectivity index (χ2v) is 10.6. The van der Waals surface area contributed by atoms with Crippen LogP contribution in [0.1, 0.15) is 34.8 Å². The minimum absolute atomic E-state index is 0.0172. The number of carbonyl (C=O) groups is 3. The largest absolute Gasteiger partial charge is 0.494 e. The number of carbonyl (C=O) groups excluding carboxylic acids is 3. The van der Waals surface area contributed by atoms with Crippen molar-refractivity contribution in [2.24, 2.45) is 5.14 Å². The van der Waals surface area contributed by atoms with Crippen molar-refractivity contribution in [1.29, 1.82) is 0 Å². The summed E-state index contributed by atoms with van der Waals surface area (Å²) in [6.45, 7) is 4.40. The monoisotopic (exact) mass is 535 g/mol. The molecule has 0 aromatic heterocycles. The molecule has 1 fully saturated rings. The average Bonchev–Trinajstić information content (AvgIpc) is 3.18. The summed E-state index contributed by atoms with van der Waals surface area (Å²) >= 11 is 0. The van der Waals surface area contributed by atoms with Crippen LogP contribution in [0.2, 0.25) is 0 Å². The predicted molar refractivity (Wildman–Crippen MR) is 142 cm³/mol. The summed E-state index contributed by atoms with van der Waals surface area (Å²) < 4.78 is 28.6. The van der Waals surface area contributed by atoms with E-state index >= 15 is 0 Å². The van der Waals surface area contributed by atoms with Crippen LogP contribution in [0.5, 0.6) is 5.75 Å². The Morgan fingerprint density at radius 2 is 1.63 bits per heavy atom. The lowest BCUT2D eigenvalue weighted by atomic mass is 10.1. The Kier molecular flexibility index (Phi) is 7.94. The molecule has 1 heterocycles. The summed E-state index contributed by atoms with van der Waals surface area (Å²) in [6, 6.07) is 18.7. The van der Waals surface area contributed by atoms with Crippen LogP contribution in [-0.2, 0) is 26.0 Å². The fourth-order valence-electron chi connectivity index (χ4n) is 4.34. The molecule has 1 unspecified atom stereocenters. The van der Waals surface area contributed by atoms with Crippen molar-refractivity contribution in [3.8, 4) is 5.75 Å². The summed E-state index contributed by atoms with van der Waals surface area (Å²) in [5, 5.41) is 5.18. The number of nitrogens with two attached hydrogens (primary N) is 1. The molecule has 0 bridgehead atoms. The van der Waals surface area contributed by atoms with Gasteiger partial charge >= 0.3 is 0 Å². The molecule has 0 saturated carbocycles. The Morgan fingerprint density at radius 1 is 1.00 bits per heavy atom. The number of nitrogens with zero attached hydrogens (tertiary/aromatic N) is 2. The fraction of sp³-hybridized carbons (Fsp3) is 0.250. The maximum atomic E-state index is 13.6. The Bertz CT molecular complexity index is 1440. The predicted octanol–water partition coefficient (Wildman–Crippen LogP) is 3.06. The maximum Gasteiger partial charge on any atom is 0.257 e. The molecular weight excluding hydrogens is 506 g/mol. The van der Waals surface area contributed by atoms with E-state index in [0.29, 0.717) is 30.0 Å². The number of ether oxygens (including phenoxy) is 1. The molecular formula is C28H29N3O6S. The van der Waals surface area contributed by atoms with E-state index in [0.717, 1.165) is 16.0 Å². The van der Waals surface area contributed by atoms with Gasteiger partial charge in [-0.1, -0.05) is 29.8 Å². The van der Waals surface area contributed by atoms with E-state index in [-0.39, 0.29) is 23.8 Å². The first-order valence-corrected chi connectivity index (χ1v) is 13.7. The summed E-state index contributed by atoms with van der Waals surface area (Å²) in [6.07, 6.45) is 0.192. The topological polar surface area (TPSA) is 127 Å². The number of benzene rings is 3. The van der Waals surface area contributed by atoms with Crippen LogP contribution >= 0.6 is 0 Å². The Balaban J connectivity index is 1.60. The molecule has 0 radical (unpaired) electrons. The van der Waals surface area contributed by atoms with Crippen molar-refractivity contribution in [3.63, 3.8) is 0 Å². The highest BCUT2D eigenvalue weighted by Crippen LogP contribution is 2.28. The van der Waals surface area contributed by atoms with Gasteiger partial charge in [0, 0.05) is 12.1 Å². The first-order chi connectivity index (χ1) is 18.1. The van der Waals surface area contributed by atoms with E-state index in [1.165, 1.54) is 17.0 Å². The zero-order valence-corrected chi connectivity index (χ0v) is 22.0. The highest BCUT2D eigenvalue weighted by atomic mass is 32.2. The van der Waals surface area contributed by atoms with E-state index in [4.69, 9.17) is 9.88 Å². The summed E-state index contributed by atoms with van der Waals surface area (Å²) in [5.41, 5.74) is 2.54. The van der Waals surface area contributed by atoms with Crippen LogP contribution < -0.4 is 14.8 Å². The number of hydrogen-bond donors (Lipinski definition) is 1. The number of anilines is 1. The normalized spacial score (nSPS) is 15.6. The van der Waals surface area contributed by atoms with Crippen LogP contribution in [-0.4, -0.2) is 50.2 Å². The van der Waals surface area contributed by atoms with Gasteiger partial charge in [0.25, 0.3) is 11.8 Å². The SMILES string of the molecule is CCOc1ccc(N2C(=O)CC(N(CCc3ccc(S(N)(=O)=O)cc3)C(=O)c3ccc(C)cc3)C2=O)cc1. The third-order valence-corrected chi connectivity index (χ3v) is 7.29. The number of primary sulfonamides is 1. The smallest absolute Gasteiger partial charge is 0.257 e. The van der Waals surface area contributed by atoms with Crippen LogP contribution in [0.4, 0.5) is 5.69 Å². The van der Waals surface area contributed by atoms with Crippen molar-refractivity contribution in [2.45, 2.75) is 37.6 Å². The number of sulfonamides is 1. The minimum Gasteiger partial charge on any atom is -0.494 e. The second kappa shape index (κ2) is 11.2. The molecule has 0 aliphatic carbocycles. The molecule has 4 rings (SSSR count). The molecule has 1 atom stereocenters. The van der Waals surface area contributed by atoms with Gasteiger partial charge < -0.3 is 9.64 Å². The van der Waals surface area contributed by atoms with Crippen LogP contribution in [0.3, 0.4) is 0 Å². The first kappa shape index (κ1) is 27.0. The molecule has 1 aliphatic rings. The van der Waals surface area contributed by atoms with E-state index in [2.05, 4.69) is 0 Å². The number of imide groups is 1. The Morgan fingerprint density at radius 3 is 2.21 bits per heavy atom. The molecule has 3 aromatic rings. The number of amides is 3. The van der Waals surface area contributed by atoms with Gasteiger partial charge in [0.2, 0.25) is 15.9 Å². The lowest BCUT2D eigenvalue weighted by Crippen LogP contribution is -2.46. The van der Waals surface area contributed by atoms with Crippen molar-refractivity contribution in [1.82, 2.24) is 4.90 Å². The lowest BCUT2D eigenvalue weighted by molar-refractivity contribution is -0.122. The van der Waals surface area contributed by atoms with Gasteiger partial charge in [-0.15, -0.1) is 0 Å². The fourth-order valence-corrected chi connectivity index (χ4v) is 4.86. The van der Waals surface area contributed by atoms with Gasteiger partial charge in [0.05, 0.1) is 23.6 Å². The number of aryl methyl sites for hydroxylation is 1. The van der Waals surface area contributed by atoms with Gasteiger partial charge in [-0.25, -0.2) is 18.5 Å². The molecule has 1 aliphatic heterocycles. The van der Waals surface area contributed by atoms with E-state index in [1.54, 1.807) is 48.5 Å². The number of hydrogen-bond acceptors (Lipinski definition) is 6. The molecule has 10 heteroatoms. The minimum atomic E-state index is -3.83. The van der Waals surface area contributed by atoms with Crippen molar-refractivity contribution in [2.75, 3.05) is 18.1 Å².